The number of methoxy groups -OCH3 is 1. The lowest BCUT2D eigenvalue weighted by atomic mass is 10.0. The predicted octanol–water partition coefficient (Wildman–Crippen LogP) is 3.36. The summed E-state index contributed by atoms with van der Waals surface area (Å²) in [6, 6.07) is 15.7. The fourth-order valence-corrected chi connectivity index (χ4v) is 3.00. The van der Waals surface area contributed by atoms with Gasteiger partial charge in [0.2, 0.25) is 0 Å². The Morgan fingerprint density at radius 3 is 2.81 bits per heavy atom. The Balaban J connectivity index is 1.81. The summed E-state index contributed by atoms with van der Waals surface area (Å²) in [7, 11) is 1.60. The molecule has 0 saturated heterocycles. The van der Waals surface area contributed by atoms with Gasteiger partial charge in [-0.3, -0.25) is 4.79 Å². The number of rotatable bonds is 3. The van der Waals surface area contributed by atoms with Crippen LogP contribution in [0.3, 0.4) is 0 Å². The number of nitrogens with one attached hydrogen (secondary N) is 1. The van der Waals surface area contributed by atoms with Crippen LogP contribution in [0.1, 0.15) is 34.5 Å². The first kappa shape index (κ1) is 13.7. The standard InChI is InChI=1S/C18H19NO2/c1-12-10-13-6-3-4-9-16(13)17(12)19-18(20)14-7-5-8-15(11-14)21-2/h3-9,11-12,17H,10H2,1-2H3,(H,19,20)/t12-,17+/m0/s1. The Morgan fingerprint density at radius 1 is 1.19 bits per heavy atom. The Morgan fingerprint density at radius 2 is 2.00 bits per heavy atom. The van der Waals surface area contributed by atoms with Gasteiger partial charge in [0.15, 0.2) is 0 Å². The van der Waals surface area contributed by atoms with E-state index in [0.717, 1.165) is 6.42 Å². The number of hydrogen-bond acceptors (Lipinski definition) is 2. The van der Waals surface area contributed by atoms with Crippen LogP contribution in [-0.4, -0.2) is 13.0 Å². The van der Waals surface area contributed by atoms with E-state index >= 15 is 0 Å². The summed E-state index contributed by atoms with van der Waals surface area (Å²) in [4.78, 5) is 12.5. The van der Waals surface area contributed by atoms with E-state index in [1.54, 1.807) is 13.2 Å². The van der Waals surface area contributed by atoms with Crippen LogP contribution in [-0.2, 0) is 6.42 Å². The summed E-state index contributed by atoms with van der Waals surface area (Å²) in [6.45, 7) is 2.18. The van der Waals surface area contributed by atoms with Crippen molar-refractivity contribution in [1.29, 1.82) is 0 Å². The van der Waals surface area contributed by atoms with Crippen molar-refractivity contribution in [3.8, 4) is 5.75 Å². The van der Waals surface area contributed by atoms with Crippen molar-refractivity contribution in [3.05, 3.63) is 65.2 Å². The highest BCUT2D eigenvalue weighted by Gasteiger charge is 2.30. The Bertz CT molecular complexity index is 666. The summed E-state index contributed by atoms with van der Waals surface area (Å²) < 4.78 is 5.17. The molecule has 0 saturated carbocycles. The first-order valence-electron chi connectivity index (χ1n) is 7.22. The van der Waals surface area contributed by atoms with Gasteiger partial charge in [-0.05, 0) is 41.7 Å². The maximum Gasteiger partial charge on any atom is 0.251 e. The average Bonchev–Trinajstić information content (AvgIpc) is 2.83. The monoisotopic (exact) mass is 281 g/mol. The number of ether oxygens (including phenoxy) is 1. The molecule has 1 N–H and O–H groups in total. The van der Waals surface area contributed by atoms with Gasteiger partial charge in [0, 0.05) is 5.56 Å². The third-order valence-electron chi connectivity index (χ3n) is 4.12. The van der Waals surface area contributed by atoms with E-state index in [9.17, 15) is 4.79 Å². The molecule has 0 bridgehead atoms. The molecule has 0 heterocycles. The van der Waals surface area contributed by atoms with E-state index in [-0.39, 0.29) is 11.9 Å². The molecule has 1 aliphatic rings. The molecule has 2 atom stereocenters. The third-order valence-corrected chi connectivity index (χ3v) is 4.12. The van der Waals surface area contributed by atoms with Gasteiger partial charge in [-0.1, -0.05) is 37.3 Å². The zero-order valence-electron chi connectivity index (χ0n) is 12.3. The molecule has 3 heteroatoms. The zero-order chi connectivity index (χ0) is 14.8. The van der Waals surface area contributed by atoms with Gasteiger partial charge in [0.25, 0.3) is 5.91 Å². The Kier molecular flexibility index (Phi) is 3.65. The fraction of sp³-hybridized carbons (Fsp3) is 0.278. The molecule has 1 aliphatic carbocycles. The predicted molar refractivity (Wildman–Crippen MR) is 82.5 cm³/mol. The van der Waals surface area contributed by atoms with Crippen molar-refractivity contribution in [2.24, 2.45) is 5.92 Å². The number of amides is 1. The molecule has 1 amide bonds. The minimum Gasteiger partial charge on any atom is -0.497 e. The van der Waals surface area contributed by atoms with Gasteiger partial charge >= 0.3 is 0 Å². The smallest absolute Gasteiger partial charge is 0.251 e. The molecule has 2 aromatic rings. The van der Waals surface area contributed by atoms with Gasteiger partial charge in [0.1, 0.15) is 5.75 Å². The second-order valence-corrected chi connectivity index (χ2v) is 5.56. The van der Waals surface area contributed by atoms with Crippen molar-refractivity contribution in [1.82, 2.24) is 5.32 Å². The van der Waals surface area contributed by atoms with Crippen LogP contribution in [0.5, 0.6) is 5.75 Å². The molecule has 108 valence electrons. The number of fused-ring (bicyclic) bond motifs is 1. The topological polar surface area (TPSA) is 38.3 Å². The van der Waals surface area contributed by atoms with Crippen molar-refractivity contribution >= 4 is 5.91 Å². The zero-order valence-corrected chi connectivity index (χ0v) is 12.3. The third kappa shape index (κ3) is 2.64. The van der Waals surface area contributed by atoms with Crippen LogP contribution in [0.25, 0.3) is 0 Å². The van der Waals surface area contributed by atoms with Gasteiger partial charge in [-0.2, -0.15) is 0 Å². The Hall–Kier alpha value is -2.29. The number of hydrogen-bond donors (Lipinski definition) is 1. The highest BCUT2D eigenvalue weighted by atomic mass is 16.5. The lowest BCUT2D eigenvalue weighted by molar-refractivity contribution is 0.0927. The van der Waals surface area contributed by atoms with Gasteiger partial charge in [-0.15, -0.1) is 0 Å². The quantitative estimate of drug-likeness (QED) is 0.937. The van der Waals surface area contributed by atoms with Crippen molar-refractivity contribution in [2.75, 3.05) is 7.11 Å². The summed E-state index contributed by atoms with van der Waals surface area (Å²) in [6.07, 6.45) is 1.01. The first-order chi connectivity index (χ1) is 10.2. The van der Waals surface area contributed by atoms with Gasteiger partial charge in [0.05, 0.1) is 13.2 Å². The SMILES string of the molecule is COc1cccc(C(=O)N[C@H]2c3ccccc3C[C@@H]2C)c1. The molecule has 21 heavy (non-hydrogen) atoms. The maximum absolute atomic E-state index is 12.5. The maximum atomic E-state index is 12.5. The molecule has 0 fully saturated rings. The highest BCUT2D eigenvalue weighted by molar-refractivity contribution is 5.94. The molecule has 2 aromatic carbocycles. The molecule has 0 radical (unpaired) electrons. The van der Waals surface area contributed by atoms with E-state index in [1.807, 2.05) is 24.3 Å². The van der Waals surface area contributed by atoms with Crippen molar-refractivity contribution < 1.29 is 9.53 Å². The largest absolute Gasteiger partial charge is 0.497 e. The molecular weight excluding hydrogens is 262 g/mol. The van der Waals surface area contributed by atoms with Crippen LogP contribution in [0.15, 0.2) is 48.5 Å². The molecule has 0 aliphatic heterocycles. The van der Waals surface area contributed by atoms with Crippen LogP contribution in [0, 0.1) is 5.92 Å². The minimum atomic E-state index is -0.0533. The number of carbonyl (C=O) groups excluding carboxylic acids is 1. The van der Waals surface area contributed by atoms with Crippen molar-refractivity contribution in [3.63, 3.8) is 0 Å². The van der Waals surface area contributed by atoms with Crippen LogP contribution in [0.2, 0.25) is 0 Å². The molecule has 3 nitrogen and oxygen atoms in total. The van der Waals surface area contributed by atoms with Crippen molar-refractivity contribution in [2.45, 2.75) is 19.4 Å². The fourth-order valence-electron chi connectivity index (χ4n) is 3.00. The van der Waals surface area contributed by atoms with E-state index < -0.39 is 0 Å². The van der Waals surface area contributed by atoms with Crippen LogP contribution >= 0.6 is 0 Å². The number of carbonyl (C=O) groups is 1. The average molecular weight is 281 g/mol. The van der Waals surface area contributed by atoms with Crippen LogP contribution < -0.4 is 10.1 Å². The molecule has 0 spiro atoms. The Labute approximate surface area is 124 Å². The van der Waals surface area contributed by atoms with Gasteiger partial charge in [-0.25, -0.2) is 0 Å². The van der Waals surface area contributed by atoms with E-state index in [1.165, 1.54) is 11.1 Å². The van der Waals surface area contributed by atoms with Crippen LogP contribution in [0.4, 0.5) is 0 Å². The first-order valence-corrected chi connectivity index (χ1v) is 7.22. The summed E-state index contributed by atoms with van der Waals surface area (Å²) in [5.41, 5.74) is 3.20. The molecular formula is C18H19NO2. The second-order valence-electron chi connectivity index (χ2n) is 5.56. The lowest BCUT2D eigenvalue weighted by Gasteiger charge is -2.19. The minimum absolute atomic E-state index is 0.0533. The lowest BCUT2D eigenvalue weighted by Crippen LogP contribution is -2.30. The molecule has 0 aromatic heterocycles. The molecule has 0 unspecified atom stereocenters. The summed E-state index contributed by atoms with van der Waals surface area (Å²) in [5.74, 6) is 1.06. The van der Waals surface area contributed by atoms with Gasteiger partial charge < -0.3 is 10.1 Å². The number of benzene rings is 2. The highest BCUT2D eigenvalue weighted by Crippen LogP contribution is 2.35. The van der Waals surface area contributed by atoms with E-state index in [2.05, 4.69) is 30.4 Å². The summed E-state index contributed by atoms with van der Waals surface area (Å²) >= 11 is 0. The summed E-state index contributed by atoms with van der Waals surface area (Å²) in [5, 5.41) is 3.16. The van der Waals surface area contributed by atoms with E-state index in [4.69, 9.17) is 4.74 Å². The normalized spacial score (nSPS) is 19.9. The molecule has 3 rings (SSSR count). The van der Waals surface area contributed by atoms with E-state index in [0.29, 0.717) is 17.2 Å². The second kappa shape index (κ2) is 5.60.